The SMILES string of the molecule is C=CCN(CC=O)CCCC. The summed E-state index contributed by atoms with van der Waals surface area (Å²) in [6.45, 7) is 8.13. The number of hydrogen-bond acceptors (Lipinski definition) is 2. The second kappa shape index (κ2) is 7.48. The molecule has 0 aromatic rings. The van der Waals surface area contributed by atoms with Gasteiger partial charge in [-0.05, 0) is 13.0 Å². The monoisotopic (exact) mass is 155 g/mol. The van der Waals surface area contributed by atoms with Gasteiger partial charge in [0.05, 0.1) is 6.54 Å². The topological polar surface area (TPSA) is 20.3 Å². The molecule has 0 N–H and O–H groups in total. The van der Waals surface area contributed by atoms with Gasteiger partial charge < -0.3 is 4.79 Å². The number of unbranched alkanes of at least 4 members (excludes halogenated alkanes) is 1. The van der Waals surface area contributed by atoms with Crippen LogP contribution in [0.15, 0.2) is 12.7 Å². The molecule has 0 radical (unpaired) electrons. The summed E-state index contributed by atoms with van der Waals surface area (Å²) in [4.78, 5) is 12.3. The molecule has 2 heteroatoms. The lowest BCUT2D eigenvalue weighted by Gasteiger charge is -2.16. The molecule has 0 aromatic heterocycles. The van der Waals surface area contributed by atoms with Gasteiger partial charge in [0, 0.05) is 6.54 Å². The number of carbonyl (C=O) groups excluding carboxylic acids is 1. The standard InChI is InChI=1S/C9H17NO/c1-3-5-7-10(6-4-2)8-9-11/h4,9H,2-3,5-8H2,1H3. The molecule has 0 heterocycles. The van der Waals surface area contributed by atoms with E-state index in [1.807, 2.05) is 6.08 Å². The highest BCUT2D eigenvalue weighted by Crippen LogP contribution is 1.93. The van der Waals surface area contributed by atoms with Crippen molar-refractivity contribution in [2.45, 2.75) is 19.8 Å². The molecule has 0 unspecified atom stereocenters. The Balaban J connectivity index is 3.49. The maximum Gasteiger partial charge on any atom is 0.133 e. The molecule has 64 valence electrons. The molecule has 0 aromatic carbocycles. The molecule has 0 rings (SSSR count). The summed E-state index contributed by atoms with van der Waals surface area (Å²) in [6.07, 6.45) is 5.10. The molecule has 0 fully saturated rings. The molecule has 0 aliphatic heterocycles. The number of aldehydes is 1. The smallest absolute Gasteiger partial charge is 0.133 e. The van der Waals surface area contributed by atoms with Gasteiger partial charge in [-0.2, -0.15) is 0 Å². The van der Waals surface area contributed by atoms with Gasteiger partial charge in [0.1, 0.15) is 6.29 Å². The van der Waals surface area contributed by atoms with E-state index in [0.717, 1.165) is 25.8 Å². The van der Waals surface area contributed by atoms with Crippen molar-refractivity contribution < 1.29 is 4.79 Å². The molecule has 0 bridgehead atoms. The van der Waals surface area contributed by atoms with Gasteiger partial charge in [-0.25, -0.2) is 0 Å². The fourth-order valence-electron chi connectivity index (χ4n) is 0.927. The predicted molar refractivity (Wildman–Crippen MR) is 47.6 cm³/mol. The van der Waals surface area contributed by atoms with Crippen LogP contribution in [0.25, 0.3) is 0 Å². The Morgan fingerprint density at radius 2 is 2.18 bits per heavy atom. The van der Waals surface area contributed by atoms with Gasteiger partial charge in [-0.3, -0.25) is 4.90 Å². The summed E-state index contributed by atoms with van der Waals surface area (Å²) in [5, 5.41) is 0. The van der Waals surface area contributed by atoms with Gasteiger partial charge in [0.2, 0.25) is 0 Å². The van der Waals surface area contributed by atoms with Crippen LogP contribution in [-0.2, 0) is 4.79 Å². The number of hydrogen-bond donors (Lipinski definition) is 0. The maximum absolute atomic E-state index is 10.2. The first kappa shape index (κ1) is 10.4. The summed E-state index contributed by atoms with van der Waals surface area (Å²) >= 11 is 0. The zero-order valence-corrected chi connectivity index (χ0v) is 7.25. The third kappa shape index (κ3) is 5.80. The Kier molecular flexibility index (Phi) is 7.05. The zero-order valence-electron chi connectivity index (χ0n) is 7.25. The minimum atomic E-state index is 0.534. The van der Waals surface area contributed by atoms with Crippen molar-refractivity contribution in [1.29, 1.82) is 0 Å². The van der Waals surface area contributed by atoms with Crippen LogP contribution in [0.5, 0.6) is 0 Å². The lowest BCUT2D eigenvalue weighted by atomic mass is 10.3. The van der Waals surface area contributed by atoms with E-state index in [4.69, 9.17) is 0 Å². The minimum Gasteiger partial charge on any atom is -0.302 e. The van der Waals surface area contributed by atoms with Crippen molar-refractivity contribution in [2.24, 2.45) is 0 Å². The number of nitrogens with zero attached hydrogens (tertiary/aromatic N) is 1. The van der Waals surface area contributed by atoms with Gasteiger partial charge in [0.15, 0.2) is 0 Å². The van der Waals surface area contributed by atoms with E-state index in [1.54, 1.807) is 0 Å². The maximum atomic E-state index is 10.2. The minimum absolute atomic E-state index is 0.534. The first-order chi connectivity index (χ1) is 5.35. The van der Waals surface area contributed by atoms with Crippen LogP contribution in [0.4, 0.5) is 0 Å². The highest BCUT2D eigenvalue weighted by molar-refractivity contribution is 5.51. The molecular formula is C9H17NO. The second-order valence-corrected chi connectivity index (χ2v) is 2.57. The molecule has 2 nitrogen and oxygen atoms in total. The van der Waals surface area contributed by atoms with Crippen molar-refractivity contribution >= 4 is 6.29 Å². The third-order valence-electron chi connectivity index (χ3n) is 1.55. The first-order valence-electron chi connectivity index (χ1n) is 4.12. The van der Waals surface area contributed by atoms with Crippen LogP contribution in [0, 0.1) is 0 Å². The van der Waals surface area contributed by atoms with E-state index in [-0.39, 0.29) is 0 Å². The Morgan fingerprint density at radius 3 is 2.64 bits per heavy atom. The van der Waals surface area contributed by atoms with Crippen LogP contribution in [0.1, 0.15) is 19.8 Å². The van der Waals surface area contributed by atoms with Gasteiger partial charge in [0.25, 0.3) is 0 Å². The summed E-state index contributed by atoms with van der Waals surface area (Å²) in [6, 6.07) is 0. The van der Waals surface area contributed by atoms with Crippen LogP contribution in [-0.4, -0.2) is 30.8 Å². The average Bonchev–Trinajstić information content (AvgIpc) is 2.01. The second-order valence-electron chi connectivity index (χ2n) is 2.57. The van der Waals surface area contributed by atoms with Crippen molar-refractivity contribution in [3.63, 3.8) is 0 Å². The Morgan fingerprint density at radius 1 is 1.45 bits per heavy atom. The zero-order chi connectivity index (χ0) is 8.53. The summed E-state index contributed by atoms with van der Waals surface area (Å²) in [5.74, 6) is 0. The van der Waals surface area contributed by atoms with Gasteiger partial charge in [-0.1, -0.05) is 19.4 Å². The molecule has 0 atom stereocenters. The third-order valence-corrected chi connectivity index (χ3v) is 1.55. The Hall–Kier alpha value is -0.630. The lowest BCUT2D eigenvalue weighted by Crippen LogP contribution is -2.26. The molecule has 0 amide bonds. The quantitative estimate of drug-likeness (QED) is 0.410. The molecule has 0 saturated carbocycles. The van der Waals surface area contributed by atoms with Crippen molar-refractivity contribution in [2.75, 3.05) is 19.6 Å². The largest absolute Gasteiger partial charge is 0.302 e. The molecular weight excluding hydrogens is 138 g/mol. The van der Waals surface area contributed by atoms with Crippen molar-refractivity contribution in [3.05, 3.63) is 12.7 Å². The first-order valence-corrected chi connectivity index (χ1v) is 4.12. The normalized spacial score (nSPS) is 10.0. The van der Waals surface area contributed by atoms with E-state index in [2.05, 4.69) is 18.4 Å². The molecule has 11 heavy (non-hydrogen) atoms. The fraction of sp³-hybridized carbons (Fsp3) is 0.667. The molecule has 0 aliphatic carbocycles. The molecule has 0 aliphatic rings. The van der Waals surface area contributed by atoms with E-state index in [1.165, 1.54) is 6.42 Å². The fourth-order valence-corrected chi connectivity index (χ4v) is 0.927. The number of carbonyl (C=O) groups is 1. The summed E-state index contributed by atoms with van der Waals surface area (Å²) in [5.41, 5.74) is 0. The highest BCUT2D eigenvalue weighted by atomic mass is 16.1. The van der Waals surface area contributed by atoms with Crippen molar-refractivity contribution in [3.8, 4) is 0 Å². The van der Waals surface area contributed by atoms with Gasteiger partial charge >= 0.3 is 0 Å². The Labute approximate surface area is 68.9 Å². The van der Waals surface area contributed by atoms with Crippen LogP contribution < -0.4 is 0 Å². The molecule has 0 saturated heterocycles. The van der Waals surface area contributed by atoms with E-state index in [0.29, 0.717) is 6.54 Å². The summed E-state index contributed by atoms with van der Waals surface area (Å²) < 4.78 is 0. The van der Waals surface area contributed by atoms with E-state index < -0.39 is 0 Å². The summed E-state index contributed by atoms with van der Waals surface area (Å²) in [7, 11) is 0. The van der Waals surface area contributed by atoms with Crippen LogP contribution >= 0.6 is 0 Å². The average molecular weight is 155 g/mol. The van der Waals surface area contributed by atoms with Crippen LogP contribution in [0.3, 0.4) is 0 Å². The highest BCUT2D eigenvalue weighted by Gasteiger charge is 1.98. The molecule has 0 spiro atoms. The predicted octanol–water partition coefficient (Wildman–Crippen LogP) is 1.47. The van der Waals surface area contributed by atoms with Crippen molar-refractivity contribution in [1.82, 2.24) is 4.90 Å². The van der Waals surface area contributed by atoms with Gasteiger partial charge in [-0.15, -0.1) is 6.58 Å². The Bertz CT molecular complexity index is 102. The van der Waals surface area contributed by atoms with E-state index in [9.17, 15) is 4.79 Å². The van der Waals surface area contributed by atoms with Crippen LogP contribution in [0.2, 0.25) is 0 Å². The lowest BCUT2D eigenvalue weighted by molar-refractivity contribution is -0.108. The van der Waals surface area contributed by atoms with E-state index >= 15 is 0 Å². The number of rotatable bonds is 7.